The summed E-state index contributed by atoms with van der Waals surface area (Å²) in [6.07, 6.45) is 1.62. The van der Waals surface area contributed by atoms with Gasteiger partial charge in [-0.3, -0.25) is 5.10 Å². The highest BCUT2D eigenvalue weighted by molar-refractivity contribution is 5.93. The van der Waals surface area contributed by atoms with Crippen molar-refractivity contribution < 1.29 is 4.74 Å². The molecule has 2 N–H and O–H groups in total. The maximum atomic E-state index is 6.01. The lowest BCUT2D eigenvalue weighted by Crippen LogP contribution is -2.49. The topological polar surface area (TPSA) is 79.0 Å². The Labute approximate surface area is 159 Å². The molecule has 7 nitrogen and oxygen atoms in total. The molecule has 3 heterocycles. The molecule has 4 rings (SSSR count). The number of hydrogen-bond acceptors (Lipinski definition) is 6. The number of nitrogens with zero attached hydrogens (tertiary/aromatic N) is 4. The first kappa shape index (κ1) is 17.7. The smallest absolute Gasteiger partial charge is 0.132 e. The van der Waals surface area contributed by atoms with Gasteiger partial charge in [0.1, 0.15) is 29.2 Å². The van der Waals surface area contributed by atoms with Gasteiger partial charge in [-0.05, 0) is 45.9 Å². The van der Waals surface area contributed by atoms with Gasteiger partial charge in [-0.15, -0.1) is 0 Å². The summed E-state index contributed by atoms with van der Waals surface area (Å²) in [4.78, 5) is 11.2. The van der Waals surface area contributed by atoms with Crippen LogP contribution in [0.15, 0.2) is 30.6 Å². The van der Waals surface area contributed by atoms with Gasteiger partial charge in [-0.2, -0.15) is 5.10 Å². The number of fused-ring (bicyclic) bond motifs is 1. The Kier molecular flexibility index (Phi) is 4.47. The number of ether oxygens (including phenoxy) is 1. The Morgan fingerprint density at radius 3 is 2.81 bits per heavy atom. The van der Waals surface area contributed by atoms with E-state index in [0.717, 1.165) is 53.5 Å². The van der Waals surface area contributed by atoms with Crippen LogP contribution in [0.2, 0.25) is 0 Å². The van der Waals surface area contributed by atoms with E-state index in [1.807, 2.05) is 45.0 Å². The third-order valence-electron chi connectivity index (χ3n) is 4.55. The second kappa shape index (κ2) is 6.81. The van der Waals surface area contributed by atoms with Gasteiger partial charge in [-0.25, -0.2) is 9.97 Å². The van der Waals surface area contributed by atoms with Gasteiger partial charge < -0.3 is 15.0 Å². The standard InChI is InChI=1S/C20H26N6O/c1-13-11-26(8-7-21-13)18-10-17(22-12-23-18)19-15-9-14(27-20(2,3)4)5-6-16(15)24-25-19/h5-6,9-10,12-13,21H,7-8,11H2,1-4H3,(H,24,25)/t13-/m0/s1. The molecule has 1 aliphatic heterocycles. The van der Waals surface area contributed by atoms with Crippen LogP contribution >= 0.6 is 0 Å². The van der Waals surface area contributed by atoms with E-state index in [2.05, 4.69) is 37.3 Å². The summed E-state index contributed by atoms with van der Waals surface area (Å²) in [5, 5.41) is 12.0. The number of benzene rings is 1. The lowest BCUT2D eigenvalue weighted by atomic mass is 10.1. The number of aromatic nitrogens is 4. The summed E-state index contributed by atoms with van der Waals surface area (Å²) in [7, 11) is 0. The predicted octanol–water partition coefficient (Wildman–Crippen LogP) is 3.00. The first-order valence-electron chi connectivity index (χ1n) is 9.37. The second-order valence-corrected chi connectivity index (χ2v) is 8.06. The number of nitrogens with one attached hydrogen (secondary N) is 2. The lowest BCUT2D eigenvalue weighted by molar-refractivity contribution is 0.131. The van der Waals surface area contributed by atoms with Crippen molar-refractivity contribution in [3.63, 3.8) is 0 Å². The Morgan fingerprint density at radius 1 is 1.19 bits per heavy atom. The second-order valence-electron chi connectivity index (χ2n) is 8.06. The molecular weight excluding hydrogens is 340 g/mol. The number of anilines is 1. The molecule has 1 fully saturated rings. The van der Waals surface area contributed by atoms with E-state index >= 15 is 0 Å². The highest BCUT2D eigenvalue weighted by atomic mass is 16.5. The molecule has 1 atom stereocenters. The van der Waals surface area contributed by atoms with Crippen LogP contribution in [-0.4, -0.2) is 51.4 Å². The normalized spacial score (nSPS) is 18.1. The molecule has 3 aromatic rings. The Morgan fingerprint density at radius 2 is 2.04 bits per heavy atom. The van der Waals surface area contributed by atoms with Crippen LogP contribution in [0, 0.1) is 0 Å². The number of rotatable bonds is 3. The van der Waals surface area contributed by atoms with Crippen molar-refractivity contribution in [1.82, 2.24) is 25.5 Å². The van der Waals surface area contributed by atoms with Crippen LogP contribution in [0.5, 0.6) is 5.75 Å². The number of H-pyrrole nitrogens is 1. The van der Waals surface area contributed by atoms with E-state index in [-0.39, 0.29) is 5.60 Å². The van der Waals surface area contributed by atoms with E-state index in [1.54, 1.807) is 6.33 Å². The Balaban J connectivity index is 1.69. The van der Waals surface area contributed by atoms with Crippen molar-refractivity contribution in [3.05, 3.63) is 30.6 Å². The molecule has 1 aromatic carbocycles. The Hall–Kier alpha value is -2.67. The van der Waals surface area contributed by atoms with Crippen molar-refractivity contribution in [2.24, 2.45) is 0 Å². The molecule has 27 heavy (non-hydrogen) atoms. The van der Waals surface area contributed by atoms with Crippen molar-refractivity contribution >= 4 is 16.7 Å². The minimum Gasteiger partial charge on any atom is -0.488 e. The van der Waals surface area contributed by atoms with Gasteiger partial charge in [0.05, 0.1) is 11.2 Å². The summed E-state index contributed by atoms with van der Waals surface area (Å²) in [5.41, 5.74) is 2.34. The average molecular weight is 366 g/mol. The van der Waals surface area contributed by atoms with Gasteiger partial charge in [0.15, 0.2) is 0 Å². The van der Waals surface area contributed by atoms with E-state index in [1.165, 1.54) is 0 Å². The van der Waals surface area contributed by atoms with Crippen LogP contribution in [0.25, 0.3) is 22.3 Å². The first-order chi connectivity index (χ1) is 12.9. The third-order valence-corrected chi connectivity index (χ3v) is 4.55. The predicted molar refractivity (Wildman–Crippen MR) is 107 cm³/mol. The van der Waals surface area contributed by atoms with E-state index in [0.29, 0.717) is 6.04 Å². The van der Waals surface area contributed by atoms with Crippen LogP contribution in [0.4, 0.5) is 5.82 Å². The molecule has 0 aliphatic carbocycles. The highest BCUT2D eigenvalue weighted by Gasteiger charge is 2.19. The SMILES string of the molecule is C[C@H]1CN(c2cc(-c3n[nH]c4ccc(OC(C)(C)C)cc34)ncn2)CCN1. The lowest BCUT2D eigenvalue weighted by Gasteiger charge is -2.32. The molecule has 0 radical (unpaired) electrons. The van der Waals surface area contributed by atoms with Crippen molar-refractivity contribution in [2.45, 2.75) is 39.3 Å². The Bertz CT molecular complexity index is 945. The molecule has 0 spiro atoms. The zero-order valence-electron chi connectivity index (χ0n) is 16.3. The van der Waals surface area contributed by atoms with Crippen molar-refractivity contribution in [2.75, 3.05) is 24.5 Å². The molecule has 2 aromatic heterocycles. The number of piperazine rings is 1. The largest absolute Gasteiger partial charge is 0.488 e. The summed E-state index contributed by atoms with van der Waals surface area (Å²) >= 11 is 0. The fourth-order valence-electron chi connectivity index (χ4n) is 3.40. The molecule has 0 bridgehead atoms. The van der Waals surface area contributed by atoms with Gasteiger partial charge in [-0.1, -0.05) is 0 Å². The molecule has 0 amide bonds. The summed E-state index contributed by atoms with van der Waals surface area (Å²) in [6.45, 7) is 11.1. The molecule has 142 valence electrons. The minimum atomic E-state index is -0.251. The van der Waals surface area contributed by atoms with E-state index < -0.39 is 0 Å². The highest BCUT2D eigenvalue weighted by Crippen LogP contribution is 2.30. The third kappa shape index (κ3) is 3.88. The minimum absolute atomic E-state index is 0.251. The zero-order valence-corrected chi connectivity index (χ0v) is 16.3. The fraction of sp³-hybridized carbons (Fsp3) is 0.450. The maximum absolute atomic E-state index is 6.01. The van der Waals surface area contributed by atoms with Crippen LogP contribution in [0.1, 0.15) is 27.7 Å². The zero-order chi connectivity index (χ0) is 19.0. The van der Waals surface area contributed by atoms with Crippen LogP contribution in [0.3, 0.4) is 0 Å². The monoisotopic (exact) mass is 366 g/mol. The number of aromatic amines is 1. The van der Waals surface area contributed by atoms with Crippen molar-refractivity contribution in [3.8, 4) is 17.1 Å². The molecule has 1 aliphatic rings. The van der Waals surface area contributed by atoms with Gasteiger partial charge in [0.25, 0.3) is 0 Å². The number of hydrogen-bond donors (Lipinski definition) is 2. The van der Waals surface area contributed by atoms with Crippen LogP contribution < -0.4 is 15.0 Å². The molecule has 0 unspecified atom stereocenters. The molecule has 7 heteroatoms. The summed E-state index contributed by atoms with van der Waals surface area (Å²) in [5.74, 6) is 1.76. The van der Waals surface area contributed by atoms with E-state index in [4.69, 9.17) is 4.74 Å². The molecule has 0 saturated carbocycles. The van der Waals surface area contributed by atoms with Crippen molar-refractivity contribution in [1.29, 1.82) is 0 Å². The molecular formula is C20H26N6O. The fourth-order valence-corrected chi connectivity index (χ4v) is 3.40. The van der Waals surface area contributed by atoms with Gasteiger partial charge >= 0.3 is 0 Å². The van der Waals surface area contributed by atoms with Gasteiger partial charge in [0.2, 0.25) is 0 Å². The quantitative estimate of drug-likeness (QED) is 0.742. The van der Waals surface area contributed by atoms with Crippen LogP contribution in [-0.2, 0) is 0 Å². The van der Waals surface area contributed by atoms with Gasteiger partial charge in [0, 0.05) is 37.1 Å². The first-order valence-corrected chi connectivity index (χ1v) is 9.37. The average Bonchev–Trinajstić information content (AvgIpc) is 3.04. The molecule has 1 saturated heterocycles. The van der Waals surface area contributed by atoms with E-state index in [9.17, 15) is 0 Å². The maximum Gasteiger partial charge on any atom is 0.132 e. The summed E-state index contributed by atoms with van der Waals surface area (Å²) < 4.78 is 6.01. The summed E-state index contributed by atoms with van der Waals surface area (Å²) in [6, 6.07) is 8.44.